The summed E-state index contributed by atoms with van der Waals surface area (Å²) in [7, 11) is -3.80. The largest absolute Gasteiger partial charge is 0.325 e. The molecule has 5 nitrogen and oxygen atoms in total. The van der Waals surface area contributed by atoms with E-state index in [1.165, 1.54) is 6.07 Å². The number of halogens is 2. The number of benzene rings is 3. The second-order valence-electron chi connectivity index (χ2n) is 6.71. The van der Waals surface area contributed by atoms with Gasteiger partial charge in [0.15, 0.2) is 0 Å². The van der Waals surface area contributed by atoms with Crippen LogP contribution < -0.4 is 10.0 Å². The van der Waals surface area contributed by atoms with Gasteiger partial charge in [-0.3, -0.25) is 4.79 Å². The zero-order valence-electron chi connectivity index (χ0n) is 16.2. The molecule has 0 unspecified atom stereocenters. The standard InChI is InChI=1S/C22H20Cl2N2O3S/c1-15-6-2-5-9-21(15)30(28,29)25-14-22(27)26-20-11-10-18(23)13-17(20)12-16-7-3-4-8-19(16)24/h2-11,13,25H,12,14H2,1H3,(H,26,27). The van der Waals surface area contributed by atoms with Crippen LogP contribution in [-0.4, -0.2) is 20.9 Å². The Balaban J connectivity index is 1.73. The third-order valence-electron chi connectivity index (χ3n) is 4.49. The number of rotatable bonds is 7. The molecular weight excluding hydrogens is 443 g/mol. The van der Waals surface area contributed by atoms with Crippen molar-refractivity contribution < 1.29 is 13.2 Å². The number of amides is 1. The van der Waals surface area contributed by atoms with Crippen molar-refractivity contribution in [2.75, 3.05) is 11.9 Å². The van der Waals surface area contributed by atoms with Crippen LogP contribution in [-0.2, 0) is 21.2 Å². The molecule has 0 aromatic heterocycles. The molecule has 0 aliphatic heterocycles. The van der Waals surface area contributed by atoms with Crippen molar-refractivity contribution in [3.8, 4) is 0 Å². The lowest BCUT2D eigenvalue weighted by Crippen LogP contribution is -2.33. The third-order valence-corrected chi connectivity index (χ3v) is 6.65. The molecule has 0 fully saturated rings. The van der Waals surface area contributed by atoms with Gasteiger partial charge in [0.25, 0.3) is 0 Å². The van der Waals surface area contributed by atoms with E-state index in [-0.39, 0.29) is 4.90 Å². The summed E-state index contributed by atoms with van der Waals surface area (Å²) in [5.74, 6) is -0.491. The average Bonchev–Trinajstić information content (AvgIpc) is 2.70. The van der Waals surface area contributed by atoms with Gasteiger partial charge in [-0.25, -0.2) is 13.1 Å². The maximum absolute atomic E-state index is 12.5. The summed E-state index contributed by atoms with van der Waals surface area (Å²) >= 11 is 12.4. The van der Waals surface area contributed by atoms with Gasteiger partial charge in [0.2, 0.25) is 15.9 Å². The maximum atomic E-state index is 12.5. The van der Waals surface area contributed by atoms with Gasteiger partial charge in [-0.05, 0) is 53.9 Å². The minimum atomic E-state index is -3.80. The predicted molar refractivity (Wildman–Crippen MR) is 121 cm³/mol. The fraction of sp³-hybridized carbons (Fsp3) is 0.136. The molecule has 30 heavy (non-hydrogen) atoms. The first-order valence-electron chi connectivity index (χ1n) is 9.13. The van der Waals surface area contributed by atoms with Gasteiger partial charge in [-0.2, -0.15) is 0 Å². The maximum Gasteiger partial charge on any atom is 0.241 e. The van der Waals surface area contributed by atoms with Gasteiger partial charge in [0.05, 0.1) is 11.4 Å². The number of carbonyl (C=O) groups excluding carboxylic acids is 1. The van der Waals surface area contributed by atoms with Crippen LogP contribution in [0.3, 0.4) is 0 Å². The quantitative estimate of drug-likeness (QED) is 0.528. The third kappa shape index (κ3) is 5.61. The molecule has 0 radical (unpaired) electrons. The summed E-state index contributed by atoms with van der Waals surface area (Å²) in [5.41, 5.74) is 2.80. The number of aryl methyl sites for hydroxylation is 1. The number of anilines is 1. The lowest BCUT2D eigenvalue weighted by atomic mass is 10.0. The second kappa shape index (κ2) is 9.62. The van der Waals surface area contributed by atoms with Crippen molar-refractivity contribution in [3.05, 3.63) is 93.5 Å². The summed E-state index contributed by atoms with van der Waals surface area (Å²) in [6.45, 7) is 1.30. The van der Waals surface area contributed by atoms with Crippen LogP contribution in [0.15, 0.2) is 71.6 Å². The fourth-order valence-electron chi connectivity index (χ4n) is 2.97. The van der Waals surface area contributed by atoms with E-state index in [2.05, 4.69) is 10.0 Å². The Morgan fingerprint density at radius 3 is 2.37 bits per heavy atom. The Morgan fingerprint density at radius 2 is 1.63 bits per heavy atom. The number of nitrogens with one attached hydrogen (secondary N) is 2. The van der Waals surface area contributed by atoms with E-state index in [9.17, 15) is 13.2 Å². The van der Waals surface area contributed by atoms with Gasteiger partial charge in [-0.15, -0.1) is 0 Å². The molecule has 1 amide bonds. The second-order valence-corrected chi connectivity index (χ2v) is 9.29. The monoisotopic (exact) mass is 462 g/mol. The number of sulfonamides is 1. The molecule has 156 valence electrons. The highest BCUT2D eigenvalue weighted by molar-refractivity contribution is 7.89. The van der Waals surface area contributed by atoms with Crippen LogP contribution >= 0.6 is 23.2 Å². The average molecular weight is 463 g/mol. The molecule has 0 heterocycles. The predicted octanol–water partition coefficient (Wildman–Crippen LogP) is 4.81. The highest BCUT2D eigenvalue weighted by Gasteiger charge is 2.18. The summed E-state index contributed by atoms with van der Waals surface area (Å²) in [6, 6.07) is 19.1. The van der Waals surface area contributed by atoms with Crippen molar-refractivity contribution >= 4 is 44.8 Å². The molecule has 0 bridgehead atoms. The topological polar surface area (TPSA) is 75.3 Å². The fourth-order valence-corrected chi connectivity index (χ4v) is 4.59. The summed E-state index contributed by atoms with van der Waals surface area (Å²) in [4.78, 5) is 12.6. The minimum absolute atomic E-state index is 0.142. The van der Waals surface area contributed by atoms with Crippen LogP contribution in [0.25, 0.3) is 0 Å². The van der Waals surface area contributed by atoms with Gasteiger partial charge in [0.1, 0.15) is 0 Å². The summed E-state index contributed by atoms with van der Waals surface area (Å²) < 4.78 is 27.3. The van der Waals surface area contributed by atoms with Crippen LogP contribution in [0.4, 0.5) is 5.69 Å². The Hall–Kier alpha value is -2.38. The summed E-state index contributed by atoms with van der Waals surface area (Å²) in [5, 5.41) is 3.88. The van der Waals surface area contributed by atoms with Gasteiger partial charge in [-0.1, -0.05) is 59.6 Å². The van der Waals surface area contributed by atoms with Gasteiger partial charge < -0.3 is 5.32 Å². The zero-order valence-corrected chi connectivity index (χ0v) is 18.5. The van der Waals surface area contributed by atoms with Crippen molar-refractivity contribution in [3.63, 3.8) is 0 Å². The highest BCUT2D eigenvalue weighted by Crippen LogP contribution is 2.26. The van der Waals surface area contributed by atoms with Gasteiger partial charge >= 0.3 is 0 Å². The minimum Gasteiger partial charge on any atom is -0.325 e. The van der Waals surface area contributed by atoms with Crippen LogP contribution in [0, 0.1) is 6.92 Å². The van der Waals surface area contributed by atoms with Crippen molar-refractivity contribution in [1.82, 2.24) is 4.72 Å². The first kappa shape index (κ1) is 22.3. The molecular formula is C22H20Cl2N2O3S. The number of hydrogen-bond acceptors (Lipinski definition) is 3. The van der Waals surface area contributed by atoms with Crippen LogP contribution in [0.1, 0.15) is 16.7 Å². The van der Waals surface area contributed by atoms with Gasteiger partial charge in [0, 0.05) is 22.2 Å². The SMILES string of the molecule is Cc1ccccc1S(=O)(=O)NCC(=O)Nc1ccc(Cl)cc1Cc1ccccc1Cl. The Bertz CT molecular complexity index is 1180. The first-order valence-corrected chi connectivity index (χ1v) is 11.4. The molecule has 3 aromatic carbocycles. The zero-order chi connectivity index (χ0) is 21.7. The molecule has 3 rings (SSSR count). The summed E-state index contributed by atoms with van der Waals surface area (Å²) in [6.07, 6.45) is 0.463. The van der Waals surface area contributed by atoms with E-state index in [1.807, 2.05) is 18.2 Å². The smallest absolute Gasteiger partial charge is 0.241 e. The molecule has 2 N–H and O–H groups in total. The van der Waals surface area contributed by atoms with Crippen LogP contribution in [0.2, 0.25) is 10.0 Å². The van der Waals surface area contributed by atoms with E-state index >= 15 is 0 Å². The number of carbonyl (C=O) groups is 1. The van der Waals surface area contributed by atoms with Crippen molar-refractivity contribution in [1.29, 1.82) is 0 Å². The van der Waals surface area contributed by atoms with E-state index in [0.29, 0.717) is 27.7 Å². The normalized spacial score (nSPS) is 11.3. The Labute approximate surface area is 186 Å². The van der Waals surface area contributed by atoms with E-state index in [0.717, 1.165) is 11.1 Å². The molecule has 0 saturated carbocycles. The first-order chi connectivity index (χ1) is 14.3. The number of hydrogen-bond donors (Lipinski definition) is 2. The molecule has 0 saturated heterocycles. The molecule has 3 aromatic rings. The van der Waals surface area contributed by atoms with E-state index in [4.69, 9.17) is 23.2 Å². The highest BCUT2D eigenvalue weighted by atomic mass is 35.5. The Morgan fingerprint density at radius 1 is 0.933 bits per heavy atom. The molecule has 0 aliphatic carbocycles. The Kier molecular flexibility index (Phi) is 7.15. The molecule has 0 aliphatic rings. The van der Waals surface area contributed by atoms with E-state index < -0.39 is 22.5 Å². The lowest BCUT2D eigenvalue weighted by Gasteiger charge is -2.13. The molecule has 8 heteroatoms. The molecule has 0 atom stereocenters. The van der Waals surface area contributed by atoms with E-state index in [1.54, 1.807) is 49.4 Å². The van der Waals surface area contributed by atoms with Crippen molar-refractivity contribution in [2.24, 2.45) is 0 Å². The van der Waals surface area contributed by atoms with Crippen molar-refractivity contribution in [2.45, 2.75) is 18.2 Å². The van der Waals surface area contributed by atoms with Crippen LogP contribution in [0.5, 0.6) is 0 Å². The lowest BCUT2D eigenvalue weighted by molar-refractivity contribution is -0.115. The molecule has 0 spiro atoms.